The van der Waals surface area contributed by atoms with Crippen LogP contribution < -0.4 is 0 Å². The molecule has 0 unspecified atom stereocenters. The van der Waals surface area contributed by atoms with E-state index in [4.69, 9.17) is 23.2 Å². The molecular formula is CH2Cl2Pd+. The number of rotatable bonds is 0. The molecule has 0 aliphatic rings. The Bertz CT molecular complexity index is 6.00. The van der Waals surface area contributed by atoms with Gasteiger partial charge in [0.05, 0.1) is 5.34 Å². The molecule has 0 amide bonds. The van der Waals surface area contributed by atoms with Gasteiger partial charge in [0.1, 0.15) is 0 Å². The Morgan fingerprint density at radius 2 is 1.25 bits per heavy atom. The van der Waals surface area contributed by atoms with E-state index in [9.17, 15) is 0 Å². The summed E-state index contributed by atoms with van der Waals surface area (Å²) >= 11 is 9.53. The summed E-state index contributed by atoms with van der Waals surface area (Å²) in [5.74, 6) is 0. The fourth-order valence-electron chi connectivity index (χ4n) is 0. The quantitative estimate of drug-likeness (QED) is 0.401. The van der Waals surface area contributed by atoms with Crippen LogP contribution in [0.1, 0.15) is 0 Å². The van der Waals surface area contributed by atoms with Gasteiger partial charge in [-0.3, -0.25) is 0 Å². The molecule has 0 spiro atoms. The average molecular weight is 191 g/mol. The molecule has 0 rings (SSSR count). The van der Waals surface area contributed by atoms with E-state index in [1.54, 1.807) is 0 Å². The van der Waals surface area contributed by atoms with Crippen LogP contribution in [0.25, 0.3) is 0 Å². The Hall–Kier alpha value is 1.24. The van der Waals surface area contributed by atoms with Gasteiger partial charge >= 0.3 is 20.4 Å². The fraction of sp³-hybridized carbons (Fsp3) is 1.00. The predicted molar refractivity (Wildman–Crippen MR) is 16.6 cm³/mol. The molecule has 0 saturated heterocycles. The third kappa shape index (κ3) is 10.6. The third-order valence-electron chi connectivity index (χ3n) is 0. The second kappa shape index (κ2) is 8.87. The first-order valence-electron chi connectivity index (χ1n) is 0.535. The summed E-state index contributed by atoms with van der Waals surface area (Å²) in [5.41, 5.74) is 0. The van der Waals surface area contributed by atoms with Crippen LogP contribution in [0.4, 0.5) is 0 Å². The van der Waals surface area contributed by atoms with Crippen molar-refractivity contribution in [1.82, 2.24) is 0 Å². The normalized spacial score (nSPS) is 4.50. The minimum absolute atomic E-state index is 0. The van der Waals surface area contributed by atoms with Crippen molar-refractivity contribution in [2.45, 2.75) is 0 Å². The van der Waals surface area contributed by atoms with Crippen molar-refractivity contribution in [2.24, 2.45) is 0 Å². The van der Waals surface area contributed by atoms with Crippen LogP contribution in [0.5, 0.6) is 0 Å². The van der Waals surface area contributed by atoms with Crippen molar-refractivity contribution >= 4 is 23.2 Å². The summed E-state index contributed by atoms with van der Waals surface area (Å²) in [6.07, 6.45) is 0. The van der Waals surface area contributed by atoms with Crippen molar-refractivity contribution in [2.75, 3.05) is 5.34 Å². The molecule has 0 aromatic rings. The molecule has 3 heteroatoms. The summed E-state index contributed by atoms with van der Waals surface area (Å²) in [4.78, 5) is 0. The minimum atomic E-state index is 0. The van der Waals surface area contributed by atoms with Gasteiger partial charge in [0.2, 0.25) is 0 Å². The Morgan fingerprint density at radius 3 is 1.25 bits per heavy atom. The van der Waals surface area contributed by atoms with Gasteiger partial charge in [-0.25, -0.2) is 0 Å². The topological polar surface area (TPSA) is 0 Å². The molecule has 29 valence electrons. The van der Waals surface area contributed by atoms with Crippen molar-refractivity contribution in [1.29, 1.82) is 0 Å². The van der Waals surface area contributed by atoms with Crippen molar-refractivity contribution < 1.29 is 20.4 Å². The maximum absolute atomic E-state index is 4.76. The van der Waals surface area contributed by atoms with Gasteiger partial charge in [0, 0.05) is 0 Å². The van der Waals surface area contributed by atoms with Crippen LogP contribution in [0.3, 0.4) is 0 Å². The third-order valence-corrected chi connectivity index (χ3v) is 0. The molecule has 0 aromatic heterocycles. The summed E-state index contributed by atoms with van der Waals surface area (Å²) in [6, 6.07) is 0. The maximum Gasteiger partial charge on any atom is 1.00 e. The molecule has 0 nitrogen and oxygen atoms in total. The Kier molecular flexibility index (Phi) is 19.9. The van der Waals surface area contributed by atoms with Gasteiger partial charge in [-0.2, -0.15) is 0 Å². The van der Waals surface area contributed by atoms with E-state index < -0.39 is 0 Å². The molecule has 1 radical (unpaired) electrons. The van der Waals surface area contributed by atoms with Crippen LogP contribution >= 0.6 is 23.2 Å². The van der Waals surface area contributed by atoms with Crippen LogP contribution in [-0.4, -0.2) is 5.34 Å². The zero-order valence-electron chi connectivity index (χ0n) is 1.78. The zero-order chi connectivity index (χ0) is 2.71. The predicted octanol–water partition coefficient (Wildman–Crippen LogP) is 1.42. The van der Waals surface area contributed by atoms with E-state index in [-0.39, 0.29) is 25.8 Å². The summed E-state index contributed by atoms with van der Waals surface area (Å²) in [7, 11) is 0. The van der Waals surface area contributed by atoms with Gasteiger partial charge in [0.25, 0.3) is 0 Å². The SMILES string of the molecule is ClCCl.[Pd+]. The standard InChI is InChI=1S/CH2Cl2.Pd/c2-1-3;/h1H2;/q;+1. The molecule has 4 heavy (non-hydrogen) atoms. The van der Waals surface area contributed by atoms with Crippen LogP contribution in [0, 0.1) is 0 Å². The number of hydrogen-bond acceptors (Lipinski definition) is 0. The molecule has 0 atom stereocenters. The number of alkyl halides is 2. The van der Waals surface area contributed by atoms with Gasteiger partial charge in [-0.05, 0) is 0 Å². The zero-order valence-corrected chi connectivity index (χ0v) is 4.85. The summed E-state index contributed by atoms with van der Waals surface area (Å²) < 4.78 is 0. The second-order valence-corrected chi connectivity index (χ2v) is 0.909. The smallest absolute Gasteiger partial charge is 0.109 e. The van der Waals surface area contributed by atoms with Gasteiger partial charge in [-0.15, -0.1) is 23.2 Å². The second-order valence-electron chi connectivity index (χ2n) is 0.101. The van der Waals surface area contributed by atoms with Gasteiger partial charge in [0.15, 0.2) is 0 Å². The Balaban J connectivity index is 0. The number of hydrogen-bond donors (Lipinski definition) is 0. The van der Waals surface area contributed by atoms with Gasteiger partial charge < -0.3 is 0 Å². The molecule has 0 bridgehead atoms. The first-order chi connectivity index (χ1) is 1.41. The largest absolute Gasteiger partial charge is 1.00 e. The molecule has 0 N–H and O–H groups in total. The average Bonchev–Trinajstić information content (AvgIpc) is 0.918. The van der Waals surface area contributed by atoms with Crippen LogP contribution in [0.15, 0.2) is 0 Å². The molecule has 0 aromatic carbocycles. The van der Waals surface area contributed by atoms with Crippen molar-refractivity contribution in [3.8, 4) is 0 Å². The minimum Gasteiger partial charge on any atom is -0.109 e. The van der Waals surface area contributed by atoms with E-state index in [1.165, 1.54) is 0 Å². The molecule has 0 aliphatic heterocycles. The fourth-order valence-corrected chi connectivity index (χ4v) is 0. The van der Waals surface area contributed by atoms with E-state index in [1.807, 2.05) is 0 Å². The Labute approximate surface area is 49.1 Å². The number of halogens is 2. The van der Waals surface area contributed by atoms with Crippen molar-refractivity contribution in [3.05, 3.63) is 0 Å². The van der Waals surface area contributed by atoms with E-state index >= 15 is 0 Å². The van der Waals surface area contributed by atoms with Gasteiger partial charge in [-0.1, -0.05) is 0 Å². The molecule has 0 aliphatic carbocycles. The summed E-state index contributed by atoms with van der Waals surface area (Å²) in [6.45, 7) is 0. The van der Waals surface area contributed by atoms with E-state index in [2.05, 4.69) is 0 Å². The van der Waals surface area contributed by atoms with E-state index in [0.29, 0.717) is 0 Å². The summed E-state index contributed by atoms with van der Waals surface area (Å²) in [5, 5.41) is 0.194. The van der Waals surface area contributed by atoms with Crippen molar-refractivity contribution in [3.63, 3.8) is 0 Å². The first-order valence-corrected chi connectivity index (χ1v) is 1.60. The monoisotopic (exact) mass is 190 g/mol. The van der Waals surface area contributed by atoms with Crippen LogP contribution in [0.2, 0.25) is 0 Å². The molecule has 0 fully saturated rings. The first kappa shape index (κ1) is 8.97. The molecular weight excluding hydrogens is 189 g/mol. The molecule has 0 heterocycles. The Morgan fingerprint density at radius 1 is 1.25 bits per heavy atom. The molecule has 0 saturated carbocycles. The van der Waals surface area contributed by atoms with Crippen LogP contribution in [-0.2, 0) is 20.4 Å². The maximum atomic E-state index is 4.76. The van der Waals surface area contributed by atoms with E-state index in [0.717, 1.165) is 0 Å².